The van der Waals surface area contributed by atoms with Crippen molar-refractivity contribution in [3.63, 3.8) is 0 Å². The Kier molecular flexibility index (Phi) is 12.8. The van der Waals surface area contributed by atoms with Crippen molar-refractivity contribution in [3.8, 4) is 0 Å². The molecule has 2 aliphatic rings. The summed E-state index contributed by atoms with van der Waals surface area (Å²) in [4.78, 5) is 28.2. The van der Waals surface area contributed by atoms with Crippen LogP contribution in [0.5, 0.6) is 0 Å². The van der Waals surface area contributed by atoms with Crippen LogP contribution in [-0.2, 0) is 19.6 Å². The van der Waals surface area contributed by atoms with E-state index in [1.165, 1.54) is 11.4 Å². The SMILES string of the molecule is CCCCCCCCS(=O)(=O)N(C)C[C@H](C(=O)NO)[C@@H](CC1CCCC1)C(=O)N1CCCCC1. The third-order valence-electron chi connectivity index (χ3n) is 7.66. The molecule has 0 radical (unpaired) electrons. The molecule has 2 atom stereocenters. The Hall–Kier alpha value is -1.19. The Morgan fingerprint density at radius 1 is 0.971 bits per heavy atom. The molecule has 0 unspecified atom stereocenters. The van der Waals surface area contributed by atoms with Gasteiger partial charge in [0, 0.05) is 26.7 Å². The molecule has 34 heavy (non-hydrogen) atoms. The number of carbonyl (C=O) groups is 2. The molecular formula is C25H47N3O5S. The van der Waals surface area contributed by atoms with Gasteiger partial charge in [-0.2, -0.15) is 0 Å². The Balaban J connectivity index is 2.11. The van der Waals surface area contributed by atoms with E-state index in [0.29, 0.717) is 31.8 Å². The Labute approximate surface area is 206 Å². The quantitative estimate of drug-likeness (QED) is 0.201. The molecule has 0 spiro atoms. The molecule has 9 heteroatoms. The number of amides is 2. The predicted molar refractivity (Wildman–Crippen MR) is 134 cm³/mol. The maximum Gasteiger partial charge on any atom is 0.248 e. The normalized spacial score (nSPS) is 19.4. The van der Waals surface area contributed by atoms with Crippen LogP contribution in [0.3, 0.4) is 0 Å². The summed E-state index contributed by atoms with van der Waals surface area (Å²) in [6.45, 7) is 3.41. The number of likely N-dealkylation sites (tertiary alicyclic amines) is 1. The van der Waals surface area contributed by atoms with Crippen LogP contribution >= 0.6 is 0 Å². The van der Waals surface area contributed by atoms with Gasteiger partial charge in [0.2, 0.25) is 21.8 Å². The van der Waals surface area contributed by atoms with Crippen molar-refractivity contribution in [2.45, 2.75) is 96.8 Å². The molecule has 2 N–H and O–H groups in total. The highest BCUT2D eigenvalue weighted by atomic mass is 32.2. The zero-order valence-corrected chi connectivity index (χ0v) is 22.2. The lowest BCUT2D eigenvalue weighted by atomic mass is 9.81. The van der Waals surface area contributed by atoms with E-state index in [0.717, 1.165) is 77.0 Å². The van der Waals surface area contributed by atoms with E-state index in [-0.39, 0.29) is 18.2 Å². The van der Waals surface area contributed by atoms with Crippen molar-refractivity contribution in [2.75, 3.05) is 32.4 Å². The zero-order valence-electron chi connectivity index (χ0n) is 21.3. The molecule has 1 saturated heterocycles. The van der Waals surface area contributed by atoms with Crippen LogP contribution in [0, 0.1) is 17.8 Å². The standard InChI is InChI=1S/C25H47N3O5S/c1-3-4-5-6-7-13-18-34(32,33)27(2)20-23(24(29)26-31)22(19-21-14-9-10-15-21)25(30)28-16-11-8-12-17-28/h21-23,31H,3-20H2,1-2H3,(H,26,29)/t22-,23+/m1/s1. The van der Waals surface area contributed by atoms with E-state index < -0.39 is 27.8 Å². The highest BCUT2D eigenvalue weighted by Crippen LogP contribution is 2.35. The minimum absolute atomic E-state index is 0.0381. The van der Waals surface area contributed by atoms with E-state index in [4.69, 9.17) is 0 Å². The average molecular weight is 502 g/mol. The second-order valence-electron chi connectivity index (χ2n) is 10.3. The molecule has 198 valence electrons. The van der Waals surface area contributed by atoms with Crippen molar-refractivity contribution in [1.82, 2.24) is 14.7 Å². The van der Waals surface area contributed by atoms with Gasteiger partial charge >= 0.3 is 0 Å². The van der Waals surface area contributed by atoms with Crippen molar-refractivity contribution in [1.29, 1.82) is 0 Å². The lowest BCUT2D eigenvalue weighted by molar-refractivity contribution is -0.146. The summed E-state index contributed by atoms with van der Waals surface area (Å²) >= 11 is 0. The fourth-order valence-corrected chi connectivity index (χ4v) is 6.75. The first-order chi connectivity index (χ1) is 16.3. The lowest BCUT2D eigenvalue weighted by Crippen LogP contribution is -2.49. The van der Waals surface area contributed by atoms with E-state index >= 15 is 0 Å². The first-order valence-corrected chi connectivity index (χ1v) is 15.1. The average Bonchev–Trinajstić information content (AvgIpc) is 3.36. The molecule has 1 aliphatic heterocycles. The first-order valence-electron chi connectivity index (χ1n) is 13.5. The van der Waals surface area contributed by atoms with Crippen LogP contribution in [-0.4, -0.2) is 67.1 Å². The molecule has 0 aromatic heterocycles. The fraction of sp³-hybridized carbons (Fsp3) is 0.920. The van der Waals surface area contributed by atoms with Crippen LogP contribution in [0.4, 0.5) is 0 Å². The first kappa shape index (κ1) is 29.0. The molecular weight excluding hydrogens is 454 g/mol. The van der Waals surface area contributed by atoms with Gasteiger partial charge in [0.15, 0.2) is 0 Å². The highest BCUT2D eigenvalue weighted by Gasteiger charge is 2.40. The number of nitrogens with one attached hydrogen (secondary N) is 1. The molecule has 1 heterocycles. The summed E-state index contributed by atoms with van der Waals surface area (Å²) in [5.41, 5.74) is 1.73. The van der Waals surface area contributed by atoms with Gasteiger partial charge in [-0.3, -0.25) is 14.8 Å². The number of hydroxylamine groups is 1. The van der Waals surface area contributed by atoms with Gasteiger partial charge in [-0.1, -0.05) is 64.7 Å². The number of sulfonamides is 1. The monoisotopic (exact) mass is 501 g/mol. The molecule has 8 nitrogen and oxygen atoms in total. The molecule has 2 rings (SSSR count). The third-order valence-corrected chi connectivity index (χ3v) is 9.57. The zero-order chi connectivity index (χ0) is 25.0. The van der Waals surface area contributed by atoms with Gasteiger partial charge < -0.3 is 4.90 Å². The minimum Gasteiger partial charge on any atom is -0.342 e. The van der Waals surface area contributed by atoms with E-state index in [9.17, 15) is 23.2 Å². The Morgan fingerprint density at radius 3 is 2.21 bits per heavy atom. The maximum absolute atomic E-state index is 13.6. The molecule has 1 aliphatic carbocycles. The number of nitrogens with zero attached hydrogens (tertiary/aromatic N) is 2. The number of hydrogen-bond acceptors (Lipinski definition) is 5. The predicted octanol–water partition coefficient (Wildman–Crippen LogP) is 3.94. The van der Waals surface area contributed by atoms with Gasteiger partial charge in [-0.25, -0.2) is 18.2 Å². The molecule has 1 saturated carbocycles. The highest BCUT2D eigenvalue weighted by molar-refractivity contribution is 7.89. The summed E-state index contributed by atoms with van der Waals surface area (Å²) < 4.78 is 27.1. The van der Waals surface area contributed by atoms with Crippen LogP contribution in [0.2, 0.25) is 0 Å². The van der Waals surface area contributed by atoms with Crippen LogP contribution in [0.25, 0.3) is 0 Å². The number of rotatable bonds is 15. The second kappa shape index (κ2) is 15.0. The van der Waals surface area contributed by atoms with Crippen LogP contribution in [0.1, 0.15) is 96.8 Å². The smallest absolute Gasteiger partial charge is 0.248 e. The van der Waals surface area contributed by atoms with Crippen molar-refractivity contribution in [3.05, 3.63) is 0 Å². The molecule has 0 bridgehead atoms. The number of carbonyl (C=O) groups excluding carboxylic acids is 2. The Bertz CT molecular complexity index is 718. The second-order valence-corrected chi connectivity index (χ2v) is 12.5. The van der Waals surface area contributed by atoms with Crippen molar-refractivity contribution in [2.24, 2.45) is 17.8 Å². The van der Waals surface area contributed by atoms with Crippen molar-refractivity contribution >= 4 is 21.8 Å². The van der Waals surface area contributed by atoms with Crippen LogP contribution in [0.15, 0.2) is 0 Å². The summed E-state index contributed by atoms with van der Waals surface area (Å²) in [7, 11) is -2.07. The third kappa shape index (κ3) is 9.11. The Morgan fingerprint density at radius 2 is 1.59 bits per heavy atom. The summed E-state index contributed by atoms with van der Waals surface area (Å²) in [5.74, 6) is -1.88. The number of piperidine rings is 1. The van der Waals surface area contributed by atoms with E-state index in [1.54, 1.807) is 5.48 Å². The lowest BCUT2D eigenvalue weighted by Gasteiger charge is -2.35. The minimum atomic E-state index is -3.55. The van der Waals surface area contributed by atoms with Gasteiger partial charge in [0.1, 0.15) is 0 Å². The van der Waals surface area contributed by atoms with E-state index in [2.05, 4.69) is 6.92 Å². The summed E-state index contributed by atoms with van der Waals surface area (Å²) in [6.07, 6.45) is 13.8. The largest absolute Gasteiger partial charge is 0.342 e. The van der Waals surface area contributed by atoms with Gasteiger partial charge in [-0.15, -0.1) is 0 Å². The fourth-order valence-electron chi connectivity index (χ4n) is 5.48. The maximum atomic E-state index is 13.6. The molecule has 2 amide bonds. The topological polar surface area (TPSA) is 107 Å². The molecule has 0 aromatic rings. The molecule has 0 aromatic carbocycles. The van der Waals surface area contributed by atoms with Gasteiger partial charge in [0.05, 0.1) is 17.6 Å². The number of unbranched alkanes of at least 4 members (excludes halogenated alkanes) is 5. The number of hydrogen-bond donors (Lipinski definition) is 2. The van der Waals surface area contributed by atoms with Gasteiger partial charge in [-0.05, 0) is 38.0 Å². The summed E-state index contributed by atoms with van der Waals surface area (Å²) in [5, 5.41) is 9.47. The van der Waals surface area contributed by atoms with Crippen LogP contribution < -0.4 is 5.48 Å². The summed E-state index contributed by atoms with van der Waals surface area (Å²) in [6, 6.07) is 0. The van der Waals surface area contributed by atoms with E-state index in [1.807, 2.05) is 4.90 Å². The van der Waals surface area contributed by atoms with Crippen molar-refractivity contribution < 1.29 is 23.2 Å². The van der Waals surface area contributed by atoms with Gasteiger partial charge in [0.25, 0.3) is 0 Å². The molecule has 2 fully saturated rings.